The van der Waals surface area contributed by atoms with E-state index in [1.165, 1.54) is 30.3 Å². The number of halogens is 1. The summed E-state index contributed by atoms with van der Waals surface area (Å²) in [4.78, 5) is 11.7. The zero-order valence-corrected chi connectivity index (χ0v) is 12.7. The topological polar surface area (TPSA) is 80.5 Å². The number of carbonyl (C=O) groups excluding carboxylic acids is 1. The lowest BCUT2D eigenvalue weighted by atomic mass is 10.2. The predicted molar refractivity (Wildman–Crippen MR) is 81.9 cm³/mol. The Morgan fingerprint density at radius 3 is 2.19 bits per heavy atom. The van der Waals surface area contributed by atoms with Crippen molar-refractivity contribution in [2.45, 2.75) is 11.8 Å². The van der Waals surface area contributed by atoms with Crippen LogP contribution in [0.3, 0.4) is 0 Å². The third-order valence-corrected chi connectivity index (χ3v) is 5.01. The number of aryl methyl sites for hydroxylation is 1. The average molecular weight is 325 g/mol. The molecule has 2 N–H and O–H groups in total. The lowest BCUT2D eigenvalue weighted by Crippen LogP contribution is -2.41. The second-order valence-electron chi connectivity index (χ2n) is 4.35. The zero-order chi connectivity index (χ0) is 15.6. The largest absolute Gasteiger partial charge is 0.350 e. The summed E-state index contributed by atoms with van der Waals surface area (Å²) in [6, 6.07) is 11.1. The van der Waals surface area contributed by atoms with Crippen LogP contribution in [0.2, 0.25) is 5.02 Å². The van der Waals surface area contributed by atoms with Gasteiger partial charge >= 0.3 is 6.03 Å². The number of amides is 2. The molecule has 5 nitrogen and oxygen atoms in total. The smallest absolute Gasteiger partial charge is 0.333 e. The van der Waals surface area contributed by atoms with Gasteiger partial charge in [0.25, 0.3) is 10.0 Å². The van der Waals surface area contributed by atoms with Crippen LogP contribution in [-0.4, -0.2) is 14.4 Å². The van der Waals surface area contributed by atoms with Crippen LogP contribution in [-0.2, 0) is 10.0 Å². The molecule has 0 aliphatic heterocycles. The fourth-order valence-corrected chi connectivity index (χ4v) is 3.59. The molecule has 0 unspecified atom stereocenters. The molecule has 21 heavy (non-hydrogen) atoms. The second kappa shape index (κ2) is 5.75. The van der Waals surface area contributed by atoms with E-state index in [1.807, 2.05) is 0 Å². The van der Waals surface area contributed by atoms with Gasteiger partial charge in [0.2, 0.25) is 0 Å². The van der Waals surface area contributed by atoms with Crippen molar-refractivity contribution in [1.82, 2.24) is 0 Å². The van der Waals surface area contributed by atoms with Gasteiger partial charge in [0.1, 0.15) is 0 Å². The number of nitrogens with two attached hydrogens (primary N) is 1. The van der Waals surface area contributed by atoms with E-state index in [2.05, 4.69) is 0 Å². The Morgan fingerprint density at radius 1 is 1.10 bits per heavy atom. The van der Waals surface area contributed by atoms with Gasteiger partial charge in [-0.3, -0.25) is 0 Å². The fraction of sp³-hybridized carbons (Fsp3) is 0.0714. The molecule has 0 aromatic heterocycles. The van der Waals surface area contributed by atoms with Gasteiger partial charge < -0.3 is 5.73 Å². The van der Waals surface area contributed by atoms with Crippen molar-refractivity contribution >= 4 is 33.3 Å². The van der Waals surface area contributed by atoms with Gasteiger partial charge in [-0.15, -0.1) is 0 Å². The Kier molecular flexibility index (Phi) is 4.20. The van der Waals surface area contributed by atoms with Crippen molar-refractivity contribution in [3.8, 4) is 0 Å². The standard InChI is InChI=1S/C14H13ClN2O3S/c1-10-4-2-3-5-13(10)21(19,20)17(14(16)18)12-8-6-11(15)7-9-12/h2-9H,1H3,(H2,16,18). The summed E-state index contributed by atoms with van der Waals surface area (Å²) >= 11 is 5.77. The Balaban J connectivity index is 2.60. The van der Waals surface area contributed by atoms with Crippen molar-refractivity contribution < 1.29 is 13.2 Å². The van der Waals surface area contributed by atoms with E-state index >= 15 is 0 Å². The molecule has 2 amide bonds. The van der Waals surface area contributed by atoms with Gasteiger partial charge in [-0.2, -0.15) is 4.31 Å². The van der Waals surface area contributed by atoms with Crippen molar-refractivity contribution in [2.24, 2.45) is 5.73 Å². The molecular formula is C14H13ClN2O3S. The minimum Gasteiger partial charge on any atom is -0.350 e. The number of sulfonamides is 1. The molecule has 0 aliphatic rings. The van der Waals surface area contributed by atoms with E-state index in [0.717, 1.165) is 0 Å². The number of nitrogens with zero attached hydrogens (tertiary/aromatic N) is 1. The van der Waals surface area contributed by atoms with Crippen LogP contribution < -0.4 is 10.0 Å². The minimum absolute atomic E-state index is 0.0266. The third-order valence-electron chi connectivity index (χ3n) is 2.87. The summed E-state index contributed by atoms with van der Waals surface area (Å²) in [6.45, 7) is 1.65. The van der Waals surface area contributed by atoms with Crippen LogP contribution >= 0.6 is 11.6 Å². The van der Waals surface area contributed by atoms with Gasteiger partial charge in [0.05, 0.1) is 10.6 Å². The number of carbonyl (C=O) groups is 1. The fourth-order valence-electron chi connectivity index (χ4n) is 1.91. The van der Waals surface area contributed by atoms with E-state index in [0.29, 0.717) is 14.9 Å². The van der Waals surface area contributed by atoms with E-state index in [9.17, 15) is 13.2 Å². The summed E-state index contributed by atoms with van der Waals surface area (Å²) in [6.07, 6.45) is 0. The van der Waals surface area contributed by atoms with Gasteiger partial charge in [-0.1, -0.05) is 29.8 Å². The maximum Gasteiger partial charge on any atom is 0.333 e. The maximum absolute atomic E-state index is 12.7. The second-order valence-corrected chi connectivity index (χ2v) is 6.54. The molecule has 0 saturated carbocycles. The predicted octanol–water partition coefficient (Wildman–Crippen LogP) is 2.92. The monoisotopic (exact) mass is 324 g/mol. The molecule has 0 heterocycles. The number of benzene rings is 2. The molecule has 2 aromatic carbocycles. The molecule has 0 fully saturated rings. The molecule has 2 aromatic rings. The van der Waals surface area contributed by atoms with E-state index < -0.39 is 16.1 Å². The number of urea groups is 1. The first-order valence-corrected chi connectivity index (χ1v) is 7.82. The maximum atomic E-state index is 12.7. The first-order chi connectivity index (χ1) is 9.84. The van der Waals surface area contributed by atoms with Gasteiger partial charge in [0.15, 0.2) is 0 Å². The normalized spacial score (nSPS) is 11.1. The molecule has 7 heteroatoms. The molecule has 0 spiro atoms. The molecular weight excluding hydrogens is 312 g/mol. The molecule has 2 rings (SSSR count). The van der Waals surface area contributed by atoms with Crippen LogP contribution in [0, 0.1) is 6.92 Å². The summed E-state index contributed by atoms with van der Waals surface area (Å²) in [5, 5.41) is 0.427. The summed E-state index contributed by atoms with van der Waals surface area (Å²) in [5.41, 5.74) is 5.92. The van der Waals surface area contributed by atoms with Crippen LogP contribution in [0.15, 0.2) is 53.4 Å². The highest BCUT2D eigenvalue weighted by Gasteiger charge is 2.30. The van der Waals surface area contributed by atoms with Crippen molar-refractivity contribution in [1.29, 1.82) is 0 Å². The lowest BCUT2D eigenvalue weighted by Gasteiger charge is -2.21. The van der Waals surface area contributed by atoms with Crippen molar-refractivity contribution in [3.05, 3.63) is 59.1 Å². The van der Waals surface area contributed by atoms with Crippen molar-refractivity contribution in [3.63, 3.8) is 0 Å². The molecule has 110 valence electrons. The van der Waals surface area contributed by atoms with Crippen LogP contribution in [0.5, 0.6) is 0 Å². The molecule has 0 radical (unpaired) electrons. The highest BCUT2D eigenvalue weighted by molar-refractivity contribution is 7.93. The first kappa shape index (κ1) is 15.3. The average Bonchev–Trinajstić information content (AvgIpc) is 2.41. The highest BCUT2D eigenvalue weighted by atomic mass is 35.5. The van der Waals surface area contributed by atoms with Gasteiger partial charge in [-0.05, 0) is 42.8 Å². The number of hydrogen-bond acceptors (Lipinski definition) is 3. The molecule has 0 saturated heterocycles. The van der Waals surface area contributed by atoms with Gasteiger partial charge in [-0.25, -0.2) is 13.2 Å². The van der Waals surface area contributed by atoms with Crippen LogP contribution in [0.4, 0.5) is 10.5 Å². The van der Waals surface area contributed by atoms with Crippen LogP contribution in [0.25, 0.3) is 0 Å². The Morgan fingerprint density at radius 2 is 1.67 bits per heavy atom. The summed E-state index contributed by atoms with van der Waals surface area (Å²) in [7, 11) is -4.08. The van der Waals surface area contributed by atoms with E-state index in [-0.39, 0.29) is 10.6 Å². The quantitative estimate of drug-likeness (QED) is 0.942. The molecule has 0 atom stereocenters. The highest BCUT2D eigenvalue weighted by Crippen LogP contribution is 2.26. The van der Waals surface area contributed by atoms with E-state index in [1.54, 1.807) is 25.1 Å². The SMILES string of the molecule is Cc1ccccc1S(=O)(=O)N(C(N)=O)c1ccc(Cl)cc1. The molecule has 0 bridgehead atoms. The summed E-state index contributed by atoms with van der Waals surface area (Å²) < 4.78 is 25.9. The number of primary amides is 1. The zero-order valence-electron chi connectivity index (χ0n) is 11.2. The minimum atomic E-state index is -4.08. The Labute approximate surface area is 128 Å². The van der Waals surface area contributed by atoms with Crippen molar-refractivity contribution in [2.75, 3.05) is 4.31 Å². The number of rotatable bonds is 3. The lowest BCUT2D eigenvalue weighted by molar-refractivity contribution is 0.257. The van der Waals surface area contributed by atoms with Crippen LogP contribution in [0.1, 0.15) is 5.56 Å². The number of hydrogen-bond donors (Lipinski definition) is 1. The number of anilines is 1. The third kappa shape index (κ3) is 3.01. The Bertz CT molecular complexity index is 773. The van der Waals surface area contributed by atoms with Gasteiger partial charge in [0, 0.05) is 5.02 Å². The van der Waals surface area contributed by atoms with E-state index in [4.69, 9.17) is 17.3 Å². The first-order valence-electron chi connectivity index (χ1n) is 6.00. The summed E-state index contributed by atoms with van der Waals surface area (Å²) in [5.74, 6) is 0. The molecule has 0 aliphatic carbocycles. The Hall–Kier alpha value is -2.05.